The Hall–Kier alpha value is -1.39. The molecule has 0 aliphatic carbocycles. The summed E-state index contributed by atoms with van der Waals surface area (Å²) in [4.78, 5) is 10.9. The van der Waals surface area contributed by atoms with Crippen molar-refractivity contribution in [1.82, 2.24) is 0 Å². The highest BCUT2D eigenvalue weighted by Gasteiger charge is 2.32. The van der Waals surface area contributed by atoms with E-state index in [1.54, 1.807) is 0 Å². The van der Waals surface area contributed by atoms with Crippen LogP contribution in [-0.4, -0.2) is 29.9 Å². The summed E-state index contributed by atoms with van der Waals surface area (Å²) in [6, 6.07) is 9.86. The molecule has 1 fully saturated rings. The fourth-order valence-electron chi connectivity index (χ4n) is 1.81. The van der Waals surface area contributed by atoms with Gasteiger partial charge in [0, 0.05) is 6.42 Å². The number of aliphatic hydroxyl groups is 1. The Morgan fingerprint density at radius 3 is 2.76 bits per heavy atom. The molecule has 1 saturated heterocycles. The SMILES string of the molecule is O=C1C[C@@H](O)[C@@H](CCOCc2ccccc2)O1. The van der Waals surface area contributed by atoms with Crippen LogP contribution < -0.4 is 0 Å². The first kappa shape index (κ1) is 12.1. The highest BCUT2D eigenvalue weighted by molar-refractivity contribution is 5.72. The molecule has 0 aromatic heterocycles. The van der Waals surface area contributed by atoms with Gasteiger partial charge < -0.3 is 14.6 Å². The number of hydrogen-bond acceptors (Lipinski definition) is 4. The predicted octanol–water partition coefficient (Wildman–Crippen LogP) is 1.27. The summed E-state index contributed by atoms with van der Waals surface area (Å²) in [5.41, 5.74) is 1.11. The molecule has 0 bridgehead atoms. The lowest BCUT2D eigenvalue weighted by atomic mass is 10.1. The minimum Gasteiger partial charge on any atom is -0.459 e. The summed E-state index contributed by atoms with van der Waals surface area (Å²) in [7, 11) is 0. The van der Waals surface area contributed by atoms with Gasteiger partial charge >= 0.3 is 5.97 Å². The van der Waals surface area contributed by atoms with Crippen LogP contribution in [0.1, 0.15) is 18.4 Å². The third-order valence-corrected chi connectivity index (χ3v) is 2.75. The molecule has 0 unspecified atom stereocenters. The summed E-state index contributed by atoms with van der Waals surface area (Å²) in [6.07, 6.45) is -0.440. The first-order valence-corrected chi connectivity index (χ1v) is 5.75. The van der Waals surface area contributed by atoms with Gasteiger partial charge in [-0.2, -0.15) is 0 Å². The van der Waals surface area contributed by atoms with Crippen LogP contribution in [0.15, 0.2) is 30.3 Å². The molecule has 2 rings (SSSR count). The maximum Gasteiger partial charge on any atom is 0.308 e. The number of rotatable bonds is 5. The van der Waals surface area contributed by atoms with Crippen molar-refractivity contribution >= 4 is 5.97 Å². The molecule has 1 N–H and O–H groups in total. The normalized spacial score (nSPS) is 23.7. The van der Waals surface area contributed by atoms with Gasteiger partial charge in [-0.1, -0.05) is 30.3 Å². The molecule has 1 heterocycles. The van der Waals surface area contributed by atoms with E-state index in [1.807, 2.05) is 30.3 Å². The van der Waals surface area contributed by atoms with Crippen LogP contribution in [0.2, 0.25) is 0 Å². The molecule has 1 aliphatic heterocycles. The zero-order valence-electron chi connectivity index (χ0n) is 9.54. The Morgan fingerprint density at radius 1 is 1.35 bits per heavy atom. The number of carbonyl (C=O) groups is 1. The maximum atomic E-state index is 10.9. The van der Waals surface area contributed by atoms with Crippen molar-refractivity contribution in [3.8, 4) is 0 Å². The molecule has 1 aromatic carbocycles. The Kier molecular flexibility index (Phi) is 4.12. The van der Waals surface area contributed by atoms with Crippen LogP contribution in [0.25, 0.3) is 0 Å². The van der Waals surface area contributed by atoms with Crippen LogP contribution in [0, 0.1) is 0 Å². The largest absolute Gasteiger partial charge is 0.459 e. The van der Waals surface area contributed by atoms with E-state index >= 15 is 0 Å². The lowest BCUT2D eigenvalue weighted by molar-refractivity contribution is -0.142. The van der Waals surface area contributed by atoms with Gasteiger partial charge in [-0.15, -0.1) is 0 Å². The molecule has 92 valence electrons. The molecule has 0 saturated carbocycles. The Labute approximate surface area is 100 Å². The second-order valence-electron chi connectivity index (χ2n) is 4.13. The number of cyclic esters (lactones) is 1. The monoisotopic (exact) mass is 236 g/mol. The van der Waals surface area contributed by atoms with Crippen molar-refractivity contribution in [3.63, 3.8) is 0 Å². The molecule has 0 radical (unpaired) electrons. The van der Waals surface area contributed by atoms with Crippen LogP contribution >= 0.6 is 0 Å². The second-order valence-corrected chi connectivity index (χ2v) is 4.13. The summed E-state index contributed by atoms with van der Waals surface area (Å²) in [5, 5.41) is 9.47. The van der Waals surface area contributed by atoms with Crippen molar-refractivity contribution < 1.29 is 19.4 Å². The molecule has 1 aromatic rings. The van der Waals surface area contributed by atoms with Gasteiger partial charge in [0.05, 0.1) is 19.6 Å². The first-order valence-electron chi connectivity index (χ1n) is 5.75. The van der Waals surface area contributed by atoms with Gasteiger partial charge in [0.2, 0.25) is 0 Å². The van der Waals surface area contributed by atoms with Crippen molar-refractivity contribution in [2.24, 2.45) is 0 Å². The molecule has 1 aliphatic rings. The fourth-order valence-corrected chi connectivity index (χ4v) is 1.81. The maximum absolute atomic E-state index is 10.9. The quantitative estimate of drug-likeness (QED) is 0.618. The number of benzene rings is 1. The van der Waals surface area contributed by atoms with Gasteiger partial charge in [-0.05, 0) is 5.56 Å². The molecular formula is C13H16O4. The van der Waals surface area contributed by atoms with Crippen molar-refractivity contribution in [2.45, 2.75) is 31.7 Å². The highest BCUT2D eigenvalue weighted by Crippen LogP contribution is 2.17. The predicted molar refractivity (Wildman–Crippen MR) is 61.2 cm³/mol. The van der Waals surface area contributed by atoms with Crippen molar-refractivity contribution in [1.29, 1.82) is 0 Å². The Morgan fingerprint density at radius 2 is 2.12 bits per heavy atom. The molecule has 0 amide bonds. The zero-order chi connectivity index (χ0) is 12.1. The van der Waals surface area contributed by atoms with Gasteiger partial charge in [-0.3, -0.25) is 4.79 Å². The van der Waals surface area contributed by atoms with Gasteiger partial charge in [0.15, 0.2) is 0 Å². The van der Waals surface area contributed by atoms with Gasteiger partial charge in [-0.25, -0.2) is 0 Å². The third-order valence-electron chi connectivity index (χ3n) is 2.75. The molecule has 4 nitrogen and oxygen atoms in total. The third kappa shape index (κ3) is 3.54. The molecular weight excluding hydrogens is 220 g/mol. The topological polar surface area (TPSA) is 55.8 Å². The zero-order valence-corrected chi connectivity index (χ0v) is 9.54. The fraction of sp³-hybridized carbons (Fsp3) is 0.462. The number of hydrogen-bond donors (Lipinski definition) is 1. The van der Waals surface area contributed by atoms with Crippen LogP contribution in [-0.2, 0) is 20.9 Å². The Bertz CT molecular complexity index is 363. The van der Waals surface area contributed by atoms with E-state index in [9.17, 15) is 9.90 Å². The molecule has 17 heavy (non-hydrogen) atoms. The van der Waals surface area contributed by atoms with Gasteiger partial charge in [0.1, 0.15) is 12.2 Å². The number of aliphatic hydroxyl groups excluding tert-OH is 1. The van der Waals surface area contributed by atoms with Crippen LogP contribution in [0.4, 0.5) is 0 Å². The second kappa shape index (κ2) is 5.80. The number of esters is 1. The Balaban J connectivity index is 1.65. The lowest BCUT2D eigenvalue weighted by Gasteiger charge is -2.12. The van der Waals surface area contributed by atoms with E-state index in [1.165, 1.54) is 0 Å². The first-order chi connectivity index (χ1) is 8.25. The van der Waals surface area contributed by atoms with Gasteiger partial charge in [0.25, 0.3) is 0 Å². The van der Waals surface area contributed by atoms with E-state index in [0.717, 1.165) is 5.56 Å². The average molecular weight is 236 g/mol. The molecule has 2 atom stereocenters. The highest BCUT2D eigenvalue weighted by atomic mass is 16.6. The van der Waals surface area contributed by atoms with E-state index in [0.29, 0.717) is 19.6 Å². The smallest absolute Gasteiger partial charge is 0.308 e. The minimum atomic E-state index is -0.678. The van der Waals surface area contributed by atoms with E-state index in [4.69, 9.17) is 9.47 Å². The molecule has 4 heteroatoms. The molecule has 0 spiro atoms. The number of ether oxygens (including phenoxy) is 2. The van der Waals surface area contributed by atoms with Crippen molar-refractivity contribution in [2.75, 3.05) is 6.61 Å². The lowest BCUT2D eigenvalue weighted by Crippen LogP contribution is -2.22. The van der Waals surface area contributed by atoms with E-state index in [-0.39, 0.29) is 12.4 Å². The minimum absolute atomic E-state index is 0.101. The van der Waals surface area contributed by atoms with Crippen molar-refractivity contribution in [3.05, 3.63) is 35.9 Å². The van der Waals surface area contributed by atoms with Crippen LogP contribution in [0.3, 0.4) is 0 Å². The summed E-state index contributed by atoms with van der Waals surface area (Å²) >= 11 is 0. The summed E-state index contributed by atoms with van der Waals surface area (Å²) < 4.78 is 10.4. The average Bonchev–Trinajstić information content (AvgIpc) is 2.65. The standard InChI is InChI=1S/C13H16O4/c14-11-8-13(15)17-12(11)6-7-16-9-10-4-2-1-3-5-10/h1-5,11-12,14H,6-9H2/t11-,12-/m1/s1. The number of carbonyl (C=O) groups excluding carboxylic acids is 1. The van der Waals surface area contributed by atoms with E-state index in [2.05, 4.69) is 0 Å². The van der Waals surface area contributed by atoms with Crippen LogP contribution in [0.5, 0.6) is 0 Å². The summed E-state index contributed by atoms with van der Waals surface area (Å²) in [6.45, 7) is 1.02. The summed E-state index contributed by atoms with van der Waals surface area (Å²) in [5.74, 6) is -0.328. The van der Waals surface area contributed by atoms with E-state index < -0.39 is 12.2 Å².